The minimum atomic E-state index is 0.00265. The van der Waals surface area contributed by atoms with Crippen molar-refractivity contribution in [3.8, 4) is 0 Å². The SMILES string of the molecule is CC(C)(C)C1CCN(C(=O)Nc2ccc(CN)cc2)CC1. The van der Waals surface area contributed by atoms with Crippen LogP contribution in [0.1, 0.15) is 39.2 Å². The molecule has 116 valence electrons. The molecule has 0 saturated carbocycles. The molecule has 0 unspecified atom stereocenters. The zero-order valence-electron chi connectivity index (χ0n) is 13.4. The van der Waals surface area contributed by atoms with Crippen LogP contribution in [0.3, 0.4) is 0 Å². The number of hydrogen-bond acceptors (Lipinski definition) is 2. The molecule has 0 aromatic heterocycles. The fourth-order valence-corrected chi connectivity index (χ4v) is 2.88. The summed E-state index contributed by atoms with van der Waals surface area (Å²) in [7, 11) is 0. The Kier molecular flexibility index (Phi) is 4.88. The van der Waals surface area contributed by atoms with Crippen LogP contribution in [0.15, 0.2) is 24.3 Å². The number of rotatable bonds is 2. The highest BCUT2D eigenvalue weighted by Crippen LogP contribution is 2.34. The first-order valence-corrected chi connectivity index (χ1v) is 7.75. The van der Waals surface area contributed by atoms with Gasteiger partial charge in [0.2, 0.25) is 0 Å². The second-order valence-corrected chi connectivity index (χ2v) is 6.96. The largest absolute Gasteiger partial charge is 0.326 e. The quantitative estimate of drug-likeness (QED) is 0.876. The standard InChI is InChI=1S/C17H27N3O/c1-17(2,3)14-8-10-20(11-9-14)16(21)19-15-6-4-13(12-18)5-7-15/h4-7,14H,8-12,18H2,1-3H3,(H,19,21). The molecule has 0 spiro atoms. The summed E-state index contributed by atoms with van der Waals surface area (Å²) in [6, 6.07) is 7.70. The lowest BCUT2D eigenvalue weighted by molar-refractivity contribution is 0.128. The average molecular weight is 289 g/mol. The van der Waals surface area contributed by atoms with Gasteiger partial charge in [-0.1, -0.05) is 32.9 Å². The Morgan fingerprint density at radius 2 is 1.81 bits per heavy atom. The van der Waals surface area contributed by atoms with Gasteiger partial charge in [-0.25, -0.2) is 4.79 Å². The van der Waals surface area contributed by atoms with Crippen molar-refractivity contribution in [3.63, 3.8) is 0 Å². The maximum Gasteiger partial charge on any atom is 0.321 e. The number of nitrogens with one attached hydrogen (secondary N) is 1. The summed E-state index contributed by atoms with van der Waals surface area (Å²) in [5.41, 5.74) is 7.80. The second-order valence-electron chi connectivity index (χ2n) is 6.96. The van der Waals surface area contributed by atoms with Crippen molar-refractivity contribution in [1.82, 2.24) is 4.90 Å². The van der Waals surface area contributed by atoms with Gasteiger partial charge in [-0.3, -0.25) is 0 Å². The van der Waals surface area contributed by atoms with E-state index in [-0.39, 0.29) is 6.03 Å². The Bertz CT molecular complexity index is 468. The van der Waals surface area contributed by atoms with Gasteiger partial charge >= 0.3 is 6.03 Å². The molecule has 0 radical (unpaired) electrons. The summed E-state index contributed by atoms with van der Waals surface area (Å²) in [5, 5.41) is 2.96. The van der Waals surface area contributed by atoms with Crippen LogP contribution in [0, 0.1) is 11.3 Å². The van der Waals surface area contributed by atoms with E-state index in [0.717, 1.165) is 37.2 Å². The molecule has 4 heteroatoms. The zero-order valence-corrected chi connectivity index (χ0v) is 13.4. The number of piperidine rings is 1. The highest BCUT2D eigenvalue weighted by atomic mass is 16.2. The van der Waals surface area contributed by atoms with Gasteiger partial charge in [-0.2, -0.15) is 0 Å². The summed E-state index contributed by atoms with van der Waals surface area (Å²) in [5.74, 6) is 0.699. The molecular formula is C17H27N3O. The number of nitrogens with two attached hydrogens (primary N) is 1. The van der Waals surface area contributed by atoms with E-state index >= 15 is 0 Å². The van der Waals surface area contributed by atoms with Crippen LogP contribution in [0.4, 0.5) is 10.5 Å². The third-order valence-corrected chi connectivity index (χ3v) is 4.45. The van der Waals surface area contributed by atoms with Crippen molar-refractivity contribution in [2.24, 2.45) is 17.1 Å². The molecule has 21 heavy (non-hydrogen) atoms. The van der Waals surface area contributed by atoms with E-state index in [1.54, 1.807) is 0 Å². The summed E-state index contributed by atoms with van der Waals surface area (Å²) >= 11 is 0. The van der Waals surface area contributed by atoms with Crippen molar-refractivity contribution in [3.05, 3.63) is 29.8 Å². The van der Waals surface area contributed by atoms with Crippen LogP contribution in [-0.4, -0.2) is 24.0 Å². The highest BCUT2D eigenvalue weighted by Gasteiger charge is 2.30. The molecule has 4 nitrogen and oxygen atoms in total. The Hall–Kier alpha value is -1.55. The van der Waals surface area contributed by atoms with Crippen molar-refractivity contribution in [1.29, 1.82) is 0 Å². The number of anilines is 1. The Labute approximate surface area is 127 Å². The van der Waals surface area contributed by atoms with Crippen LogP contribution in [0.25, 0.3) is 0 Å². The minimum Gasteiger partial charge on any atom is -0.326 e. The van der Waals surface area contributed by atoms with E-state index < -0.39 is 0 Å². The van der Waals surface area contributed by atoms with Crippen molar-refractivity contribution >= 4 is 11.7 Å². The van der Waals surface area contributed by atoms with Crippen LogP contribution in [0.5, 0.6) is 0 Å². The van der Waals surface area contributed by atoms with E-state index in [4.69, 9.17) is 5.73 Å². The van der Waals surface area contributed by atoms with Gasteiger partial charge in [-0.15, -0.1) is 0 Å². The molecule has 0 aliphatic carbocycles. The normalized spacial score (nSPS) is 16.9. The average Bonchev–Trinajstić information content (AvgIpc) is 2.47. The van der Waals surface area contributed by atoms with Crippen molar-refractivity contribution in [2.75, 3.05) is 18.4 Å². The molecule has 2 rings (SSSR count). The van der Waals surface area contributed by atoms with Gasteiger partial charge < -0.3 is 16.0 Å². The van der Waals surface area contributed by atoms with Gasteiger partial charge in [0, 0.05) is 25.3 Å². The monoisotopic (exact) mass is 289 g/mol. The number of urea groups is 1. The summed E-state index contributed by atoms with van der Waals surface area (Å²) in [4.78, 5) is 14.2. The lowest BCUT2D eigenvalue weighted by Crippen LogP contribution is -2.43. The molecule has 0 atom stereocenters. The van der Waals surface area contributed by atoms with Gasteiger partial charge in [-0.05, 0) is 41.9 Å². The van der Waals surface area contributed by atoms with Gasteiger partial charge in [0.1, 0.15) is 0 Å². The zero-order chi connectivity index (χ0) is 15.5. The number of carbonyl (C=O) groups excluding carboxylic acids is 1. The second kappa shape index (κ2) is 6.48. The van der Waals surface area contributed by atoms with E-state index in [2.05, 4.69) is 26.1 Å². The molecule has 1 fully saturated rings. The number of likely N-dealkylation sites (tertiary alicyclic amines) is 1. The summed E-state index contributed by atoms with van der Waals surface area (Å²) in [6.45, 7) is 9.06. The molecule has 3 N–H and O–H groups in total. The number of benzene rings is 1. The van der Waals surface area contributed by atoms with E-state index in [9.17, 15) is 4.79 Å². The fourth-order valence-electron chi connectivity index (χ4n) is 2.88. The van der Waals surface area contributed by atoms with Gasteiger partial charge in [0.15, 0.2) is 0 Å². The molecule has 1 aliphatic heterocycles. The Balaban J connectivity index is 1.87. The minimum absolute atomic E-state index is 0.00265. The summed E-state index contributed by atoms with van der Waals surface area (Å²) in [6.07, 6.45) is 2.17. The van der Waals surface area contributed by atoms with E-state index in [1.807, 2.05) is 29.2 Å². The molecule has 0 bridgehead atoms. The lowest BCUT2D eigenvalue weighted by atomic mass is 9.75. The molecule has 1 aliphatic rings. The summed E-state index contributed by atoms with van der Waals surface area (Å²) < 4.78 is 0. The third-order valence-electron chi connectivity index (χ3n) is 4.45. The van der Waals surface area contributed by atoms with Crippen molar-refractivity contribution in [2.45, 2.75) is 40.2 Å². The molecule has 2 amide bonds. The van der Waals surface area contributed by atoms with E-state index in [0.29, 0.717) is 17.9 Å². The number of amides is 2. The fraction of sp³-hybridized carbons (Fsp3) is 0.588. The maximum atomic E-state index is 12.3. The van der Waals surface area contributed by atoms with Crippen LogP contribution >= 0.6 is 0 Å². The number of nitrogens with zero attached hydrogens (tertiary/aromatic N) is 1. The van der Waals surface area contributed by atoms with Gasteiger partial charge in [0.25, 0.3) is 0 Å². The first kappa shape index (κ1) is 15.8. The van der Waals surface area contributed by atoms with Crippen molar-refractivity contribution < 1.29 is 4.79 Å². The topological polar surface area (TPSA) is 58.4 Å². The predicted molar refractivity (Wildman–Crippen MR) is 87.1 cm³/mol. The Morgan fingerprint density at radius 3 is 2.29 bits per heavy atom. The third kappa shape index (κ3) is 4.21. The molecule has 1 saturated heterocycles. The number of hydrogen-bond donors (Lipinski definition) is 2. The smallest absolute Gasteiger partial charge is 0.321 e. The van der Waals surface area contributed by atoms with Crippen LogP contribution < -0.4 is 11.1 Å². The molecule has 1 heterocycles. The predicted octanol–water partition coefficient (Wildman–Crippen LogP) is 3.44. The van der Waals surface area contributed by atoms with Crippen LogP contribution in [0.2, 0.25) is 0 Å². The number of carbonyl (C=O) groups is 1. The lowest BCUT2D eigenvalue weighted by Gasteiger charge is -2.38. The van der Waals surface area contributed by atoms with Crippen LogP contribution in [-0.2, 0) is 6.54 Å². The highest BCUT2D eigenvalue weighted by molar-refractivity contribution is 5.89. The molecule has 1 aromatic rings. The van der Waals surface area contributed by atoms with Gasteiger partial charge in [0.05, 0.1) is 0 Å². The Morgan fingerprint density at radius 1 is 1.24 bits per heavy atom. The first-order chi connectivity index (χ1) is 9.90. The van der Waals surface area contributed by atoms with E-state index in [1.165, 1.54) is 0 Å². The first-order valence-electron chi connectivity index (χ1n) is 7.75. The molecular weight excluding hydrogens is 262 g/mol. The molecule has 1 aromatic carbocycles. The maximum absolute atomic E-state index is 12.3.